The Balaban J connectivity index is 0.00000361. The van der Waals surface area contributed by atoms with Gasteiger partial charge in [0.05, 0.1) is 0 Å². The summed E-state index contributed by atoms with van der Waals surface area (Å²) in [6, 6.07) is 10.1. The van der Waals surface area contributed by atoms with Crippen molar-refractivity contribution >= 4 is 27.7 Å². The van der Waals surface area contributed by atoms with Crippen molar-refractivity contribution in [2.75, 3.05) is 0 Å². The molecule has 0 heterocycles. The Kier molecular flexibility index (Phi) is 7.54. The molecule has 0 aromatic heterocycles. The van der Waals surface area contributed by atoms with Crippen LogP contribution in [0.4, 0.5) is 5.69 Å². The maximum Gasteiger partial charge on any atom is 1.00 e. The monoisotopic (exact) mass is 298 g/mol. The maximum absolute atomic E-state index is 4.99. The summed E-state index contributed by atoms with van der Waals surface area (Å²) in [5, 5.41) is 5.14. The summed E-state index contributed by atoms with van der Waals surface area (Å²) in [6.45, 7) is 16.5. The predicted molar refractivity (Wildman–Crippen MR) is 93.1 cm³/mol. The average Bonchev–Trinajstić information content (AvgIpc) is 2.24. The number of hydrogen-bond donors (Lipinski definition) is 0. The van der Waals surface area contributed by atoms with Crippen molar-refractivity contribution in [1.29, 1.82) is 0 Å². The Bertz CT molecular complexity index is 419. The average molecular weight is 299 g/mol. The standard InChI is InChI=1S/C15H27N2Si2.Li/c1-13(16-14-11-9-8-10-12-14)17-15(18(2,3)4)19(5,6)7;/h8-12,15H,1-7H3;/q-1;+1. The Morgan fingerprint density at radius 1 is 0.950 bits per heavy atom. The fourth-order valence-electron chi connectivity index (χ4n) is 2.59. The van der Waals surface area contributed by atoms with Crippen LogP contribution < -0.4 is 18.9 Å². The topological polar surface area (TPSA) is 26.5 Å². The van der Waals surface area contributed by atoms with Gasteiger partial charge in [-0.1, -0.05) is 75.4 Å². The number of hydrogen-bond acceptors (Lipinski definition) is 1. The smallest absolute Gasteiger partial charge is 0.472 e. The third kappa shape index (κ3) is 6.45. The SMILES string of the molecule is C/C(=N\C([Si](C)(C)C)[Si](C)(C)C)[N-]c1ccccc1.[Li+]. The molecule has 0 fully saturated rings. The minimum absolute atomic E-state index is 0. The second kappa shape index (κ2) is 7.65. The molecular weight excluding hydrogens is 271 g/mol. The largest absolute Gasteiger partial charge is 1.00 e. The molecule has 0 aliphatic heterocycles. The Morgan fingerprint density at radius 3 is 1.80 bits per heavy atom. The van der Waals surface area contributed by atoms with Gasteiger partial charge >= 0.3 is 18.9 Å². The summed E-state index contributed by atoms with van der Waals surface area (Å²) in [4.78, 5) is 4.99. The molecule has 0 bridgehead atoms. The molecule has 0 saturated carbocycles. The van der Waals surface area contributed by atoms with Crippen LogP contribution in [0, 0.1) is 0 Å². The van der Waals surface area contributed by atoms with Crippen molar-refractivity contribution < 1.29 is 18.9 Å². The van der Waals surface area contributed by atoms with Crippen LogP contribution in [0.1, 0.15) is 6.92 Å². The number of nitrogens with zero attached hydrogens (tertiary/aromatic N) is 2. The van der Waals surface area contributed by atoms with Crippen LogP contribution in [0.15, 0.2) is 35.3 Å². The van der Waals surface area contributed by atoms with Gasteiger partial charge < -0.3 is 10.3 Å². The number of para-hydroxylation sites is 1. The number of aliphatic imine (C=N–C) groups is 1. The molecule has 2 nitrogen and oxygen atoms in total. The Hall–Kier alpha value is -0.279. The molecule has 0 radical (unpaired) electrons. The van der Waals surface area contributed by atoms with Crippen molar-refractivity contribution in [1.82, 2.24) is 0 Å². The fourth-order valence-corrected chi connectivity index (χ4v) is 14.1. The zero-order valence-corrected chi connectivity index (χ0v) is 16.4. The number of amidine groups is 1. The third-order valence-corrected chi connectivity index (χ3v) is 11.7. The first-order valence-corrected chi connectivity index (χ1v) is 14.1. The molecule has 0 spiro atoms. The van der Waals surface area contributed by atoms with Crippen molar-refractivity contribution in [2.24, 2.45) is 4.99 Å². The summed E-state index contributed by atoms with van der Waals surface area (Å²) in [5.74, 6) is 0.918. The Labute approximate surface area is 138 Å². The molecule has 0 saturated heterocycles. The minimum Gasteiger partial charge on any atom is -0.472 e. The summed E-state index contributed by atoms with van der Waals surface area (Å²) in [7, 11) is -2.58. The zero-order chi connectivity index (χ0) is 14.7. The molecule has 1 aromatic carbocycles. The van der Waals surface area contributed by atoms with E-state index in [4.69, 9.17) is 4.99 Å². The molecule has 0 aliphatic rings. The van der Waals surface area contributed by atoms with Gasteiger partial charge in [0.15, 0.2) is 0 Å². The van der Waals surface area contributed by atoms with E-state index in [0.29, 0.717) is 5.29 Å². The van der Waals surface area contributed by atoms with Crippen LogP contribution in [-0.4, -0.2) is 27.3 Å². The molecule has 1 aromatic rings. The van der Waals surface area contributed by atoms with Crippen LogP contribution >= 0.6 is 0 Å². The van der Waals surface area contributed by atoms with E-state index in [1.807, 2.05) is 37.3 Å². The molecule has 106 valence electrons. The minimum atomic E-state index is -1.29. The van der Waals surface area contributed by atoms with E-state index >= 15 is 0 Å². The summed E-state index contributed by atoms with van der Waals surface area (Å²) in [6.07, 6.45) is 0. The van der Waals surface area contributed by atoms with Crippen LogP contribution in [0.5, 0.6) is 0 Å². The Morgan fingerprint density at radius 2 is 1.40 bits per heavy atom. The van der Waals surface area contributed by atoms with Gasteiger partial charge in [-0.25, -0.2) is 0 Å². The summed E-state index contributed by atoms with van der Waals surface area (Å²) < 4.78 is 0. The molecular formula is C15H27LiN2Si2. The van der Waals surface area contributed by atoms with E-state index in [2.05, 4.69) is 44.6 Å². The van der Waals surface area contributed by atoms with Crippen LogP contribution in [-0.2, 0) is 0 Å². The van der Waals surface area contributed by atoms with Gasteiger partial charge in [-0.15, -0.1) is 0 Å². The van der Waals surface area contributed by atoms with Crippen molar-refractivity contribution in [3.63, 3.8) is 0 Å². The van der Waals surface area contributed by atoms with Gasteiger partial charge in [0.1, 0.15) is 0 Å². The first-order valence-electron chi connectivity index (χ1n) is 6.92. The molecule has 5 heteroatoms. The molecule has 20 heavy (non-hydrogen) atoms. The first-order chi connectivity index (χ1) is 8.60. The molecule has 1 rings (SSSR count). The van der Waals surface area contributed by atoms with Gasteiger partial charge in [0.2, 0.25) is 0 Å². The van der Waals surface area contributed by atoms with E-state index in [1.54, 1.807) is 0 Å². The molecule has 0 N–H and O–H groups in total. The second-order valence-corrected chi connectivity index (χ2v) is 18.4. The van der Waals surface area contributed by atoms with Crippen molar-refractivity contribution in [2.45, 2.75) is 51.5 Å². The second-order valence-electron chi connectivity index (χ2n) is 7.26. The normalized spacial score (nSPS) is 13.1. The number of rotatable bonds is 4. The number of benzene rings is 1. The summed E-state index contributed by atoms with van der Waals surface area (Å²) in [5.41, 5.74) is 0.994. The fraction of sp³-hybridized carbons (Fsp3) is 0.533. The van der Waals surface area contributed by atoms with Gasteiger partial charge in [0, 0.05) is 16.1 Å². The molecule has 0 atom stereocenters. The van der Waals surface area contributed by atoms with Crippen LogP contribution in [0.3, 0.4) is 0 Å². The van der Waals surface area contributed by atoms with Crippen molar-refractivity contribution in [3.05, 3.63) is 35.6 Å². The van der Waals surface area contributed by atoms with E-state index in [1.165, 1.54) is 0 Å². The van der Waals surface area contributed by atoms with E-state index < -0.39 is 16.1 Å². The molecule has 0 amide bonds. The predicted octanol–water partition coefficient (Wildman–Crippen LogP) is 2.24. The van der Waals surface area contributed by atoms with Gasteiger partial charge in [0.25, 0.3) is 0 Å². The van der Waals surface area contributed by atoms with Gasteiger partial charge in [-0.05, 0) is 17.9 Å². The third-order valence-electron chi connectivity index (χ3n) is 3.00. The van der Waals surface area contributed by atoms with E-state index in [0.717, 1.165) is 11.5 Å². The van der Waals surface area contributed by atoms with Crippen molar-refractivity contribution in [3.8, 4) is 0 Å². The van der Waals surface area contributed by atoms with Crippen LogP contribution in [0.25, 0.3) is 5.32 Å². The van der Waals surface area contributed by atoms with Crippen LogP contribution in [0.2, 0.25) is 39.3 Å². The van der Waals surface area contributed by atoms with Gasteiger partial charge in [-0.3, -0.25) is 0 Å². The molecule has 0 aliphatic carbocycles. The first kappa shape index (κ1) is 19.7. The maximum atomic E-state index is 4.99. The van der Waals surface area contributed by atoms with E-state index in [9.17, 15) is 0 Å². The quantitative estimate of drug-likeness (QED) is 0.463. The zero-order valence-electron chi connectivity index (χ0n) is 14.4. The van der Waals surface area contributed by atoms with Gasteiger partial charge in [-0.2, -0.15) is 0 Å². The summed E-state index contributed by atoms with van der Waals surface area (Å²) >= 11 is 0. The molecule has 0 unspecified atom stereocenters. The van der Waals surface area contributed by atoms with E-state index in [-0.39, 0.29) is 18.9 Å².